The molecule has 0 aromatic heterocycles. The normalized spacial score (nSPS) is 50.9. The van der Waals surface area contributed by atoms with Gasteiger partial charge in [0.2, 0.25) is 0 Å². The van der Waals surface area contributed by atoms with Crippen LogP contribution in [0.25, 0.3) is 0 Å². The number of ether oxygens (including phenoxy) is 6. The Morgan fingerprint density at radius 2 is 1.54 bits per heavy atom. The molecule has 5 aliphatic heterocycles. The molecular weight excluding hydrogens is 312 g/mol. The summed E-state index contributed by atoms with van der Waals surface area (Å²) in [7, 11) is 0. The molecule has 1 aliphatic carbocycles. The van der Waals surface area contributed by atoms with Crippen molar-refractivity contribution in [3.05, 3.63) is 35.9 Å². The fourth-order valence-electron chi connectivity index (χ4n) is 4.97. The van der Waals surface area contributed by atoms with Gasteiger partial charge < -0.3 is 28.4 Å². The fraction of sp³-hybridized carbons (Fsp3) is 0.667. The predicted molar refractivity (Wildman–Crippen MR) is 80.0 cm³/mol. The molecule has 6 nitrogen and oxygen atoms in total. The summed E-state index contributed by atoms with van der Waals surface area (Å²) in [4.78, 5) is 0. The highest BCUT2D eigenvalue weighted by atomic mass is 16.9. The maximum absolute atomic E-state index is 6.30. The second-order valence-corrected chi connectivity index (χ2v) is 7.29. The molecular formula is C18H20O6. The molecule has 6 aliphatic rings. The summed E-state index contributed by atoms with van der Waals surface area (Å²) in [6.45, 7) is 1.37. The molecule has 0 radical (unpaired) electrons. The van der Waals surface area contributed by atoms with Crippen LogP contribution in [0.15, 0.2) is 30.3 Å². The van der Waals surface area contributed by atoms with Crippen molar-refractivity contribution in [2.75, 3.05) is 13.2 Å². The minimum Gasteiger partial charge on any atom is -0.369 e. The van der Waals surface area contributed by atoms with Crippen LogP contribution in [0.1, 0.15) is 18.4 Å². The van der Waals surface area contributed by atoms with Crippen molar-refractivity contribution < 1.29 is 28.4 Å². The Bertz CT molecular complexity index is 608. The molecule has 7 rings (SSSR count). The molecule has 4 bridgehead atoms. The second kappa shape index (κ2) is 4.78. The Morgan fingerprint density at radius 3 is 2.08 bits per heavy atom. The van der Waals surface area contributed by atoms with Gasteiger partial charge in [-0.25, -0.2) is 0 Å². The summed E-state index contributed by atoms with van der Waals surface area (Å²) in [5.41, 5.74) is 0.242. The van der Waals surface area contributed by atoms with Crippen LogP contribution < -0.4 is 0 Å². The van der Waals surface area contributed by atoms with E-state index in [1.807, 2.05) is 18.2 Å². The van der Waals surface area contributed by atoms with Crippen molar-refractivity contribution in [1.29, 1.82) is 0 Å². The van der Waals surface area contributed by atoms with Gasteiger partial charge in [0, 0.05) is 12.8 Å². The van der Waals surface area contributed by atoms with Crippen molar-refractivity contribution in [2.45, 2.75) is 61.5 Å². The highest BCUT2D eigenvalue weighted by molar-refractivity contribution is 5.25. The average Bonchev–Trinajstić information content (AvgIpc) is 2.52. The van der Waals surface area contributed by atoms with E-state index in [0.717, 1.165) is 31.6 Å². The lowest BCUT2D eigenvalue weighted by Gasteiger charge is -2.72. The summed E-state index contributed by atoms with van der Waals surface area (Å²) >= 11 is 0. The summed E-state index contributed by atoms with van der Waals surface area (Å²) in [5.74, 6) is 0. The molecule has 2 spiro atoms. The second-order valence-electron chi connectivity index (χ2n) is 7.29. The van der Waals surface area contributed by atoms with Gasteiger partial charge in [-0.2, -0.15) is 0 Å². The SMILES string of the molecule is c1ccc(COC2[C@H]3OC4OC([C@@]5(CCO5)[C@H]2O4)[C@]32CCO2)cc1. The van der Waals surface area contributed by atoms with Gasteiger partial charge in [0.15, 0.2) is 0 Å². The predicted octanol–water partition coefficient (Wildman–Crippen LogP) is 1.37. The lowest BCUT2D eigenvalue weighted by molar-refractivity contribution is -0.549. The lowest BCUT2D eigenvalue weighted by Crippen LogP contribution is -2.89. The van der Waals surface area contributed by atoms with Crippen LogP contribution in [-0.2, 0) is 35.0 Å². The molecule has 1 aromatic rings. The zero-order valence-electron chi connectivity index (χ0n) is 13.3. The Hall–Kier alpha value is -1.02. The Labute approximate surface area is 139 Å². The quantitative estimate of drug-likeness (QED) is 0.833. The standard InChI is InChI=1S/C18H20O6/c1-2-4-11(5-3-1)10-19-12-13-17(6-8-20-17)15-18(7-9-21-18)14(12)23-16(22-13)24-15/h1-5,12-16H,6-10H2/t12?,13-,14+,15?,16?,17+,18-. The van der Waals surface area contributed by atoms with Crippen molar-refractivity contribution in [3.8, 4) is 0 Å². The molecule has 0 amide bonds. The maximum Gasteiger partial charge on any atom is 0.273 e. The summed E-state index contributed by atoms with van der Waals surface area (Å²) in [6.07, 6.45) is 1.18. The topological polar surface area (TPSA) is 55.4 Å². The maximum atomic E-state index is 6.30. The Balaban J connectivity index is 1.34. The fourth-order valence-corrected chi connectivity index (χ4v) is 4.97. The van der Waals surface area contributed by atoms with E-state index in [9.17, 15) is 0 Å². The van der Waals surface area contributed by atoms with E-state index in [1.54, 1.807) is 0 Å². The average molecular weight is 332 g/mol. The van der Waals surface area contributed by atoms with Gasteiger partial charge in [0.05, 0.1) is 19.8 Å². The Kier molecular flexibility index (Phi) is 2.83. The van der Waals surface area contributed by atoms with E-state index in [-0.39, 0.29) is 24.4 Å². The third kappa shape index (κ3) is 1.62. The van der Waals surface area contributed by atoms with E-state index >= 15 is 0 Å². The summed E-state index contributed by atoms with van der Waals surface area (Å²) < 4.78 is 36.4. The highest BCUT2D eigenvalue weighted by Gasteiger charge is 2.79. The van der Waals surface area contributed by atoms with E-state index in [4.69, 9.17) is 28.4 Å². The molecule has 5 saturated heterocycles. The van der Waals surface area contributed by atoms with Crippen LogP contribution in [0.3, 0.4) is 0 Å². The van der Waals surface area contributed by atoms with E-state index in [1.165, 1.54) is 0 Å². The molecule has 0 N–H and O–H groups in total. The number of rotatable bonds is 3. The van der Waals surface area contributed by atoms with Gasteiger partial charge in [-0.05, 0) is 5.56 Å². The van der Waals surface area contributed by atoms with Gasteiger partial charge in [-0.1, -0.05) is 30.3 Å². The number of benzene rings is 1. The van der Waals surface area contributed by atoms with Gasteiger partial charge in [0.1, 0.15) is 35.6 Å². The Morgan fingerprint density at radius 1 is 0.917 bits per heavy atom. The van der Waals surface area contributed by atoms with Gasteiger partial charge in [0.25, 0.3) is 6.48 Å². The monoisotopic (exact) mass is 332 g/mol. The van der Waals surface area contributed by atoms with Gasteiger partial charge in [-0.15, -0.1) is 0 Å². The molecule has 3 unspecified atom stereocenters. The summed E-state index contributed by atoms with van der Waals surface area (Å²) in [6, 6.07) is 10.2. The van der Waals surface area contributed by atoms with E-state index in [2.05, 4.69) is 12.1 Å². The van der Waals surface area contributed by atoms with Crippen molar-refractivity contribution in [2.24, 2.45) is 0 Å². The first kappa shape index (κ1) is 14.2. The van der Waals surface area contributed by atoms with Gasteiger partial charge >= 0.3 is 0 Å². The zero-order valence-corrected chi connectivity index (χ0v) is 13.3. The third-order valence-corrected chi connectivity index (χ3v) is 6.22. The molecule has 6 fully saturated rings. The van der Waals surface area contributed by atoms with Crippen LogP contribution in [0.2, 0.25) is 0 Å². The highest BCUT2D eigenvalue weighted by Crippen LogP contribution is 2.60. The molecule has 5 heterocycles. The first-order valence-corrected chi connectivity index (χ1v) is 8.72. The number of hydrogen-bond acceptors (Lipinski definition) is 6. The van der Waals surface area contributed by atoms with Gasteiger partial charge in [-0.3, -0.25) is 0 Å². The van der Waals surface area contributed by atoms with Crippen molar-refractivity contribution in [3.63, 3.8) is 0 Å². The van der Waals surface area contributed by atoms with Crippen LogP contribution in [0, 0.1) is 0 Å². The molecule has 7 atom stereocenters. The van der Waals surface area contributed by atoms with Crippen LogP contribution >= 0.6 is 0 Å². The molecule has 1 aromatic carbocycles. The van der Waals surface area contributed by atoms with Crippen LogP contribution in [0.4, 0.5) is 0 Å². The molecule has 128 valence electrons. The third-order valence-electron chi connectivity index (χ3n) is 6.22. The van der Waals surface area contributed by atoms with E-state index in [0.29, 0.717) is 6.61 Å². The summed E-state index contributed by atoms with van der Waals surface area (Å²) in [5, 5.41) is 0. The molecule has 6 heteroatoms. The first-order chi connectivity index (χ1) is 11.8. The van der Waals surface area contributed by atoms with Crippen molar-refractivity contribution in [1.82, 2.24) is 0 Å². The minimum atomic E-state index is -0.619. The van der Waals surface area contributed by atoms with E-state index < -0.39 is 17.7 Å². The molecule has 24 heavy (non-hydrogen) atoms. The lowest BCUT2D eigenvalue weighted by atomic mass is 9.60. The minimum absolute atomic E-state index is 0.119. The number of hydrogen-bond donors (Lipinski definition) is 0. The largest absolute Gasteiger partial charge is 0.369 e. The van der Waals surface area contributed by atoms with Crippen LogP contribution in [0.5, 0.6) is 0 Å². The van der Waals surface area contributed by atoms with Crippen LogP contribution in [-0.4, -0.2) is 55.3 Å². The first-order valence-electron chi connectivity index (χ1n) is 8.72. The van der Waals surface area contributed by atoms with Crippen molar-refractivity contribution >= 4 is 0 Å². The smallest absolute Gasteiger partial charge is 0.273 e. The zero-order chi connectivity index (χ0) is 15.8. The molecule has 1 saturated carbocycles.